The van der Waals surface area contributed by atoms with Crippen molar-refractivity contribution >= 4 is 11.7 Å². The molecule has 0 aromatic carbocycles. The van der Waals surface area contributed by atoms with Crippen LogP contribution in [0.4, 0.5) is 5.82 Å². The third-order valence-electron chi connectivity index (χ3n) is 2.63. The summed E-state index contributed by atoms with van der Waals surface area (Å²) in [6.45, 7) is 3.36. The first-order chi connectivity index (χ1) is 9.16. The van der Waals surface area contributed by atoms with Crippen molar-refractivity contribution in [2.75, 3.05) is 12.3 Å². The van der Waals surface area contributed by atoms with Gasteiger partial charge in [0.05, 0.1) is 6.33 Å². The number of anilines is 1. The molecule has 0 bridgehead atoms. The van der Waals surface area contributed by atoms with Gasteiger partial charge in [-0.2, -0.15) is 0 Å². The summed E-state index contributed by atoms with van der Waals surface area (Å²) < 4.78 is 1.97. The molecule has 3 N–H and O–H groups in total. The lowest BCUT2D eigenvalue weighted by molar-refractivity contribution is 0.0942. The molecule has 0 unspecified atom stereocenters. The van der Waals surface area contributed by atoms with E-state index in [4.69, 9.17) is 5.73 Å². The Kier molecular flexibility index (Phi) is 4.07. The zero-order valence-corrected chi connectivity index (χ0v) is 10.7. The Balaban J connectivity index is 1.85. The number of nitrogens with two attached hydrogens (primary N) is 1. The van der Waals surface area contributed by atoms with Crippen molar-refractivity contribution in [3.05, 3.63) is 36.8 Å². The number of carbonyl (C=O) groups is 1. The summed E-state index contributed by atoms with van der Waals surface area (Å²) in [6, 6.07) is 0. The molecule has 1 amide bonds. The first-order valence-electron chi connectivity index (χ1n) is 5.97. The Morgan fingerprint density at radius 2 is 2.21 bits per heavy atom. The zero-order valence-electron chi connectivity index (χ0n) is 10.7. The molecular weight excluding hydrogens is 244 g/mol. The fraction of sp³-hybridized carbons (Fsp3) is 0.333. The summed E-state index contributed by atoms with van der Waals surface area (Å²) in [5.74, 6) is 0.112. The van der Waals surface area contributed by atoms with Gasteiger partial charge in [-0.3, -0.25) is 4.79 Å². The quantitative estimate of drug-likeness (QED) is 0.806. The third kappa shape index (κ3) is 3.51. The first kappa shape index (κ1) is 13.0. The van der Waals surface area contributed by atoms with E-state index in [1.165, 1.54) is 12.4 Å². The average molecular weight is 260 g/mol. The number of rotatable bonds is 5. The minimum absolute atomic E-state index is 0.141. The minimum Gasteiger partial charge on any atom is -0.382 e. The molecule has 2 rings (SSSR count). The van der Waals surface area contributed by atoms with Crippen molar-refractivity contribution in [1.82, 2.24) is 24.8 Å². The van der Waals surface area contributed by atoms with E-state index in [1.807, 2.05) is 17.7 Å². The number of carbonyl (C=O) groups excluding carboxylic acids is 1. The summed E-state index contributed by atoms with van der Waals surface area (Å²) in [4.78, 5) is 23.6. The molecule has 0 fully saturated rings. The number of nitrogen functional groups attached to an aromatic ring is 1. The molecule has 19 heavy (non-hydrogen) atoms. The van der Waals surface area contributed by atoms with Gasteiger partial charge >= 0.3 is 0 Å². The van der Waals surface area contributed by atoms with Crippen molar-refractivity contribution in [2.24, 2.45) is 5.92 Å². The topological polar surface area (TPSA) is 98.7 Å². The summed E-state index contributed by atoms with van der Waals surface area (Å²) in [6.07, 6.45) is 8.26. The highest BCUT2D eigenvalue weighted by Gasteiger charge is 2.12. The highest BCUT2D eigenvalue weighted by Crippen LogP contribution is 2.04. The van der Waals surface area contributed by atoms with E-state index < -0.39 is 0 Å². The van der Waals surface area contributed by atoms with Crippen molar-refractivity contribution in [3.63, 3.8) is 0 Å². The smallest absolute Gasteiger partial charge is 0.273 e. The van der Waals surface area contributed by atoms with Gasteiger partial charge in [-0.25, -0.2) is 15.0 Å². The van der Waals surface area contributed by atoms with Gasteiger partial charge in [-0.1, -0.05) is 6.92 Å². The Morgan fingerprint density at radius 1 is 1.42 bits per heavy atom. The predicted octanol–water partition coefficient (Wildman–Crippen LogP) is 0.321. The van der Waals surface area contributed by atoms with Crippen molar-refractivity contribution in [2.45, 2.75) is 13.5 Å². The van der Waals surface area contributed by atoms with E-state index >= 15 is 0 Å². The molecule has 0 aliphatic rings. The maximum Gasteiger partial charge on any atom is 0.273 e. The monoisotopic (exact) mass is 260 g/mol. The van der Waals surface area contributed by atoms with E-state index in [-0.39, 0.29) is 23.3 Å². The van der Waals surface area contributed by atoms with Gasteiger partial charge in [0, 0.05) is 37.9 Å². The van der Waals surface area contributed by atoms with Crippen LogP contribution in [-0.4, -0.2) is 32.0 Å². The first-order valence-corrected chi connectivity index (χ1v) is 5.97. The molecule has 0 aliphatic carbocycles. The van der Waals surface area contributed by atoms with Gasteiger partial charge in [0.25, 0.3) is 5.91 Å². The van der Waals surface area contributed by atoms with E-state index in [0.717, 1.165) is 6.54 Å². The summed E-state index contributed by atoms with van der Waals surface area (Å²) in [5.41, 5.74) is 5.75. The van der Waals surface area contributed by atoms with Gasteiger partial charge in [0.1, 0.15) is 0 Å². The van der Waals surface area contributed by atoms with Gasteiger partial charge in [0.15, 0.2) is 11.5 Å². The van der Waals surface area contributed by atoms with Crippen LogP contribution in [0.5, 0.6) is 0 Å². The van der Waals surface area contributed by atoms with Gasteiger partial charge in [0.2, 0.25) is 0 Å². The second-order valence-corrected chi connectivity index (χ2v) is 4.36. The van der Waals surface area contributed by atoms with Crippen molar-refractivity contribution in [3.8, 4) is 0 Å². The van der Waals surface area contributed by atoms with Crippen molar-refractivity contribution < 1.29 is 4.79 Å². The Labute approximate surface area is 110 Å². The van der Waals surface area contributed by atoms with Crippen LogP contribution in [0.1, 0.15) is 17.4 Å². The highest BCUT2D eigenvalue weighted by molar-refractivity contribution is 5.96. The Bertz CT molecular complexity index is 539. The molecule has 0 radical (unpaired) electrons. The van der Waals surface area contributed by atoms with Gasteiger partial charge < -0.3 is 15.6 Å². The third-order valence-corrected chi connectivity index (χ3v) is 2.63. The number of aromatic nitrogens is 4. The number of hydrogen-bond donors (Lipinski definition) is 2. The van der Waals surface area contributed by atoms with E-state index in [1.54, 1.807) is 12.5 Å². The molecule has 7 nitrogen and oxygen atoms in total. The van der Waals surface area contributed by atoms with Crippen LogP contribution in [0.25, 0.3) is 0 Å². The fourth-order valence-corrected chi connectivity index (χ4v) is 1.69. The lowest BCUT2D eigenvalue weighted by Crippen LogP contribution is -2.31. The molecule has 1 atom stereocenters. The largest absolute Gasteiger partial charge is 0.382 e. The summed E-state index contributed by atoms with van der Waals surface area (Å²) >= 11 is 0. The molecule has 0 saturated heterocycles. The maximum absolute atomic E-state index is 11.9. The van der Waals surface area contributed by atoms with E-state index in [9.17, 15) is 4.79 Å². The molecule has 7 heteroatoms. The standard InChI is InChI=1S/C12H16N6O/c1-9(7-18-5-4-14-8-18)6-17-12(19)10-11(13)16-3-2-15-10/h2-5,8-9H,6-7H2,1H3,(H2,13,16)(H,17,19)/t9-/m1/s1. The fourth-order valence-electron chi connectivity index (χ4n) is 1.69. The predicted molar refractivity (Wildman–Crippen MR) is 70.2 cm³/mol. The summed E-state index contributed by atoms with van der Waals surface area (Å²) in [7, 11) is 0. The molecule has 0 spiro atoms. The normalized spacial score (nSPS) is 12.1. The van der Waals surface area contributed by atoms with Gasteiger partial charge in [-0.15, -0.1) is 0 Å². The number of nitrogens with one attached hydrogen (secondary N) is 1. The van der Waals surface area contributed by atoms with E-state index in [0.29, 0.717) is 6.54 Å². The molecule has 0 saturated carbocycles. The number of hydrogen-bond acceptors (Lipinski definition) is 5. The minimum atomic E-state index is -0.303. The van der Waals surface area contributed by atoms with Crippen LogP contribution >= 0.6 is 0 Å². The lowest BCUT2D eigenvalue weighted by Gasteiger charge is -2.13. The second-order valence-electron chi connectivity index (χ2n) is 4.36. The molecule has 2 heterocycles. The second kappa shape index (κ2) is 5.94. The highest BCUT2D eigenvalue weighted by atomic mass is 16.1. The lowest BCUT2D eigenvalue weighted by atomic mass is 10.2. The number of nitrogens with zero attached hydrogens (tertiary/aromatic N) is 4. The molecule has 2 aromatic heterocycles. The van der Waals surface area contributed by atoms with Crippen LogP contribution in [0, 0.1) is 5.92 Å². The molecule has 2 aromatic rings. The average Bonchev–Trinajstić information content (AvgIpc) is 2.89. The van der Waals surface area contributed by atoms with E-state index in [2.05, 4.69) is 20.3 Å². The van der Waals surface area contributed by atoms with Crippen LogP contribution in [-0.2, 0) is 6.54 Å². The van der Waals surface area contributed by atoms with Crippen molar-refractivity contribution in [1.29, 1.82) is 0 Å². The van der Waals surface area contributed by atoms with Crippen LogP contribution in [0.3, 0.4) is 0 Å². The van der Waals surface area contributed by atoms with Gasteiger partial charge in [-0.05, 0) is 5.92 Å². The Hall–Kier alpha value is -2.44. The zero-order chi connectivity index (χ0) is 13.7. The maximum atomic E-state index is 11.9. The van der Waals surface area contributed by atoms with Crippen LogP contribution in [0.15, 0.2) is 31.1 Å². The SMILES string of the molecule is C[C@H](CNC(=O)c1nccnc1N)Cn1ccnc1. The number of amides is 1. The van der Waals surface area contributed by atoms with Crippen LogP contribution < -0.4 is 11.1 Å². The number of imidazole rings is 1. The molecule has 0 aliphatic heterocycles. The summed E-state index contributed by atoms with van der Waals surface area (Å²) in [5, 5.41) is 2.80. The molecule has 100 valence electrons. The Morgan fingerprint density at radius 3 is 2.89 bits per heavy atom. The van der Waals surface area contributed by atoms with Crippen LogP contribution in [0.2, 0.25) is 0 Å². The molecular formula is C12H16N6O.